The van der Waals surface area contributed by atoms with Gasteiger partial charge in [-0.25, -0.2) is 0 Å². The number of anilines is 1. The molecule has 0 saturated carbocycles. The Morgan fingerprint density at radius 1 is 1.55 bits per heavy atom. The van der Waals surface area contributed by atoms with Crippen LogP contribution < -0.4 is 11.1 Å². The van der Waals surface area contributed by atoms with E-state index >= 15 is 0 Å². The molecule has 1 aromatic rings. The number of carbonyl (C=O) groups is 1. The van der Waals surface area contributed by atoms with Gasteiger partial charge < -0.3 is 15.8 Å². The molecule has 1 unspecified atom stereocenters. The number of nitrogens with two attached hydrogens (primary N) is 1. The van der Waals surface area contributed by atoms with Gasteiger partial charge in [-0.05, 0) is 18.2 Å². The van der Waals surface area contributed by atoms with Crippen molar-refractivity contribution in [3.05, 3.63) is 29.3 Å². The zero-order chi connectivity index (χ0) is 15.3. The van der Waals surface area contributed by atoms with Crippen molar-refractivity contribution in [1.29, 1.82) is 5.26 Å². The third-order valence-corrected chi connectivity index (χ3v) is 2.50. The average Bonchev–Trinajstić information content (AvgIpc) is 2.39. The number of methoxy groups -OCH3 is 1. The van der Waals surface area contributed by atoms with Crippen LogP contribution in [0, 0.1) is 11.3 Å². The highest BCUT2D eigenvalue weighted by molar-refractivity contribution is 5.95. The first-order chi connectivity index (χ1) is 9.33. The summed E-state index contributed by atoms with van der Waals surface area (Å²) in [5.41, 5.74) is 3.55. The minimum atomic E-state index is -4.69. The van der Waals surface area contributed by atoms with E-state index in [4.69, 9.17) is 15.7 Å². The highest BCUT2D eigenvalue weighted by Crippen LogP contribution is 2.35. The maximum Gasteiger partial charge on any atom is 0.418 e. The predicted molar refractivity (Wildman–Crippen MR) is 64.6 cm³/mol. The Morgan fingerprint density at radius 3 is 2.65 bits per heavy atom. The molecule has 5 nitrogen and oxygen atoms in total. The molecule has 0 bridgehead atoms. The largest absolute Gasteiger partial charge is 0.418 e. The Morgan fingerprint density at radius 2 is 2.20 bits per heavy atom. The van der Waals surface area contributed by atoms with E-state index in [1.807, 2.05) is 0 Å². The van der Waals surface area contributed by atoms with Crippen LogP contribution in [0.2, 0.25) is 0 Å². The molecule has 0 aromatic heterocycles. The summed E-state index contributed by atoms with van der Waals surface area (Å²) in [4.78, 5) is 11.7. The Labute approximate surface area is 113 Å². The topological polar surface area (TPSA) is 88.1 Å². The van der Waals surface area contributed by atoms with Crippen molar-refractivity contribution in [2.45, 2.75) is 12.3 Å². The maximum atomic E-state index is 12.9. The van der Waals surface area contributed by atoms with Crippen molar-refractivity contribution in [2.75, 3.05) is 19.0 Å². The molecular weight excluding hydrogens is 275 g/mol. The first-order valence-corrected chi connectivity index (χ1v) is 5.48. The lowest BCUT2D eigenvalue weighted by Crippen LogP contribution is -2.36. The molecule has 1 amide bonds. The summed E-state index contributed by atoms with van der Waals surface area (Å²) < 4.78 is 43.3. The van der Waals surface area contributed by atoms with Crippen LogP contribution in [0.15, 0.2) is 18.2 Å². The first-order valence-electron chi connectivity index (χ1n) is 5.48. The van der Waals surface area contributed by atoms with Crippen LogP contribution in [-0.2, 0) is 15.7 Å². The standard InChI is InChI=1S/C12H12F3N3O2/c1-20-10(6-17)11(19)18-9-3-2-7(5-16)4-8(9)12(13,14)15/h2-4,10H,6,17H2,1H3,(H,18,19). The van der Waals surface area contributed by atoms with E-state index < -0.39 is 29.4 Å². The Balaban J connectivity index is 3.13. The lowest BCUT2D eigenvalue weighted by Gasteiger charge is -2.17. The van der Waals surface area contributed by atoms with E-state index in [1.54, 1.807) is 6.07 Å². The fourth-order valence-corrected chi connectivity index (χ4v) is 1.48. The summed E-state index contributed by atoms with van der Waals surface area (Å²) in [5, 5.41) is 10.7. The SMILES string of the molecule is COC(CN)C(=O)Nc1ccc(C#N)cc1C(F)(F)F. The van der Waals surface area contributed by atoms with Gasteiger partial charge in [0.1, 0.15) is 6.10 Å². The van der Waals surface area contributed by atoms with Crippen LogP contribution in [-0.4, -0.2) is 25.7 Å². The molecule has 0 fully saturated rings. The van der Waals surface area contributed by atoms with Gasteiger partial charge in [0.25, 0.3) is 5.91 Å². The van der Waals surface area contributed by atoms with Gasteiger partial charge in [0.2, 0.25) is 0 Å². The van der Waals surface area contributed by atoms with E-state index in [0.29, 0.717) is 6.07 Å². The number of nitrogens with one attached hydrogen (secondary N) is 1. The zero-order valence-electron chi connectivity index (χ0n) is 10.5. The molecule has 0 heterocycles. The van der Waals surface area contributed by atoms with Gasteiger partial charge in [-0.3, -0.25) is 4.79 Å². The summed E-state index contributed by atoms with van der Waals surface area (Å²) >= 11 is 0. The molecule has 108 valence electrons. The summed E-state index contributed by atoms with van der Waals surface area (Å²) in [7, 11) is 1.22. The van der Waals surface area contributed by atoms with Crippen molar-refractivity contribution in [2.24, 2.45) is 5.73 Å². The number of hydrogen-bond acceptors (Lipinski definition) is 4. The molecule has 1 rings (SSSR count). The lowest BCUT2D eigenvalue weighted by molar-refractivity contribution is -0.137. The number of nitriles is 1. The highest BCUT2D eigenvalue weighted by atomic mass is 19.4. The number of ether oxygens (including phenoxy) is 1. The molecule has 3 N–H and O–H groups in total. The van der Waals surface area contributed by atoms with Crippen LogP contribution in [0.5, 0.6) is 0 Å². The molecule has 1 atom stereocenters. The predicted octanol–water partition coefficient (Wildman–Crippen LogP) is 1.49. The number of alkyl halides is 3. The van der Waals surface area contributed by atoms with Crippen LogP contribution in [0.25, 0.3) is 0 Å². The monoisotopic (exact) mass is 287 g/mol. The molecule has 20 heavy (non-hydrogen) atoms. The number of nitrogens with zero attached hydrogens (tertiary/aromatic N) is 1. The number of rotatable bonds is 4. The molecule has 0 aliphatic heterocycles. The number of carbonyl (C=O) groups excluding carboxylic acids is 1. The summed E-state index contributed by atoms with van der Waals surface area (Å²) in [6.45, 7) is -0.167. The van der Waals surface area contributed by atoms with Crippen LogP contribution >= 0.6 is 0 Å². The number of hydrogen-bond donors (Lipinski definition) is 2. The van der Waals surface area contributed by atoms with E-state index in [1.165, 1.54) is 13.2 Å². The third-order valence-electron chi connectivity index (χ3n) is 2.50. The fourth-order valence-electron chi connectivity index (χ4n) is 1.48. The van der Waals surface area contributed by atoms with Gasteiger partial charge in [0.05, 0.1) is 22.9 Å². The Hall–Kier alpha value is -2.11. The van der Waals surface area contributed by atoms with Crippen molar-refractivity contribution in [1.82, 2.24) is 0 Å². The maximum absolute atomic E-state index is 12.9. The summed E-state index contributed by atoms with van der Waals surface area (Å²) in [5.74, 6) is -0.787. The van der Waals surface area contributed by atoms with Gasteiger partial charge in [0.15, 0.2) is 0 Å². The van der Waals surface area contributed by atoms with Crippen LogP contribution in [0.1, 0.15) is 11.1 Å². The second kappa shape index (κ2) is 6.36. The Kier molecular flexibility index (Phi) is 5.07. The zero-order valence-corrected chi connectivity index (χ0v) is 10.5. The molecule has 1 aromatic carbocycles. The molecule has 0 aliphatic rings. The van der Waals surface area contributed by atoms with Gasteiger partial charge >= 0.3 is 6.18 Å². The van der Waals surface area contributed by atoms with Crippen LogP contribution in [0.4, 0.5) is 18.9 Å². The molecule has 0 saturated heterocycles. The van der Waals surface area contributed by atoms with E-state index in [2.05, 4.69) is 5.32 Å². The average molecular weight is 287 g/mol. The third kappa shape index (κ3) is 3.69. The van der Waals surface area contributed by atoms with Crippen molar-refractivity contribution in [3.63, 3.8) is 0 Å². The summed E-state index contributed by atoms with van der Waals surface area (Å²) in [6, 6.07) is 4.47. The fraction of sp³-hybridized carbons (Fsp3) is 0.333. The molecule has 0 spiro atoms. The Bertz CT molecular complexity index is 534. The van der Waals surface area contributed by atoms with Gasteiger partial charge in [-0.2, -0.15) is 18.4 Å². The van der Waals surface area contributed by atoms with E-state index in [-0.39, 0.29) is 12.1 Å². The van der Waals surface area contributed by atoms with E-state index in [9.17, 15) is 18.0 Å². The van der Waals surface area contributed by atoms with E-state index in [0.717, 1.165) is 6.07 Å². The highest BCUT2D eigenvalue weighted by Gasteiger charge is 2.34. The van der Waals surface area contributed by atoms with Crippen molar-refractivity contribution >= 4 is 11.6 Å². The van der Waals surface area contributed by atoms with Gasteiger partial charge in [0, 0.05) is 13.7 Å². The second-order valence-corrected chi connectivity index (χ2v) is 3.82. The number of amides is 1. The smallest absolute Gasteiger partial charge is 0.370 e. The molecule has 0 aliphatic carbocycles. The van der Waals surface area contributed by atoms with Crippen molar-refractivity contribution in [3.8, 4) is 6.07 Å². The quantitative estimate of drug-likeness (QED) is 0.878. The second-order valence-electron chi connectivity index (χ2n) is 3.82. The molecule has 8 heteroatoms. The van der Waals surface area contributed by atoms with Crippen molar-refractivity contribution < 1.29 is 22.7 Å². The number of benzene rings is 1. The normalized spacial score (nSPS) is 12.6. The molecular formula is C12H12F3N3O2. The first kappa shape index (κ1) is 15.9. The summed E-state index contributed by atoms with van der Waals surface area (Å²) in [6.07, 6.45) is -5.74. The lowest BCUT2D eigenvalue weighted by atomic mass is 10.1. The van der Waals surface area contributed by atoms with Gasteiger partial charge in [-0.1, -0.05) is 0 Å². The minimum absolute atomic E-state index is 0.155. The van der Waals surface area contributed by atoms with Crippen LogP contribution in [0.3, 0.4) is 0 Å². The number of halogens is 3. The molecule has 0 radical (unpaired) electrons. The minimum Gasteiger partial charge on any atom is -0.370 e. The van der Waals surface area contributed by atoms with Gasteiger partial charge in [-0.15, -0.1) is 0 Å².